The average Bonchev–Trinajstić information content (AvgIpc) is 2.41. The molecule has 0 fully saturated rings. The van der Waals surface area contributed by atoms with Gasteiger partial charge in [0.2, 0.25) is 0 Å². The Kier molecular flexibility index (Phi) is 5.01. The Labute approximate surface area is 128 Å². The number of rotatable bonds is 4. The van der Waals surface area contributed by atoms with Crippen molar-refractivity contribution < 1.29 is 4.74 Å². The van der Waals surface area contributed by atoms with Crippen molar-refractivity contribution in [3.63, 3.8) is 0 Å². The average molecular weight is 295 g/mol. The number of alkyl halides is 1. The van der Waals surface area contributed by atoms with Gasteiger partial charge in [-0.15, -0.1) is 11.6 Å². The van der Waals surface area contributed by atoms with E-state index in [-0.39, 0.29) is 11.0 Å². The van der Waals surface area contributed by atoms with Crippen molar-refractivity contribution >= 4 is 11.6 Å². The monoisotopic (exact) mass is 294 g/mol. The van der Waals surface area contributed by atoms with Gasteiger partial charge in [0.15, 0.2) is 0 Å². The molecule has 0 bridgehead atoms. The Bertz CT molecular complexity index is 429. The molecule has 0 aliphatic carbocycles. The second-order valence-electron chi connectivity index (χ2n) is 7.09. The number of halogens is 1. The molecule has 0 N–H and O–H groups in total. The van der Waals surface area contributed by atoms with Crippen LogP contribution in [-0.2, 0) is 6.42 Å². The fourth-order valence-electron chi connectivity index (χ4n) is 3.58. The van der Waals surface area contributed by atoms with Crippen LogP contribution in [-0.4, -0.2) is 11.0 Å². The second kappa shape index (κ2) is 6.39. The van der Waals surface area contributed by atoms with Crippen LogP contribution in [0.2, 0.25) is 0 Å². The fourth-order valence-corrected chi connectivity index (χ4v) is 4.03. The van der Waals surface area contributed by atoms with E-state index in [1.807, 2.05) is 0 Å². The van der Waals surface area contributed by atoms with Gasteiger partial charge in [0, 0.05) is 11.8 Å². The molecule has 1 aliphatic rings. The van der Waals surface area contributed by atoms with Gasteiger partial charge in [-0.3, -0.25) is 0 Å². The zero-order valence-electron chi connectivity index (χ0n) is 13.2. The summed E-state index contributed by atoms with van der Waals surface area (Å²) in [5.74, 6) is 2.27. The van der Waals surface area contributed by atoms with E-state index in [4.69, 9.17) is 16.3 Å². The molecule has 20 heavy (non-hydrogen) atoms. The maximum Gasteiger partial charge on any atom is 0.123 e. The Hall–Kier alpha value is -0.690. The third-order valence-electron chi connectivity index (χ3n) is 3.89. The maximum atomic E-state index is 6.62. The molecular formula is C18H27ClO. The first-order valence-corrected chi connectivity index (χ1v) is 8.25. The highest BCUT2D eigenvalue weighted by Gasteiger charge is 2.38. The van der Waals surface area contributed by atoms with Crippen LogP contribution in [0.1, 0.15) is 52.5 Å². The molecule has 2 rings (SSSR count). The highest BCUT2D eigenvalue weighted by molar-refractivity contribution is 6.20. The minimum Gasteiger partial charge on any atom is -0.487 e. The summed E-state index contributed by atoms with van der Waals surface area (Å²) in [6.45, 7) is 9.08. The number of ether oxygens (including phenoxy) is 1. The molecule has 0 spiro atoms. The smallest absolute Gasteiger partial charge is 0.123 e. The van der Waals surface area contributed by atoms with Crippen molar-refractivity contribution in [2.75, 3.05) is 0 Å². The van der Waals surface area contributed by atoms with Crippen LogP contribution in [0.3, 0.4) is 0 Å². The van der Waals surface area contributed by atoms with E-state index in [0.29, 0.717) is 11.8 Å². The predicted molar refractivity (Wildman–Crippen MR) is 86.7 cm³/mol. The van der Waals surface area contributed by atoms with E-state index >= 15 is 0 Å². The standard InChI is InChI=1S/C18H27ClO/c1-13(2)10-18(11-14(3)4)12-16(19)9-15-7-5-6-8-17(15)20-18/h5-8,13-14,16H,9-12H2,1-4H3. The molecule has 0 radical (unpaired) electrons. The number of hydrogen-bond donors (Lipinski definition) is 0. The Morgan fingerprint density at radius 3 is 2.35 bits per heavy atom. The van der Waals surface area contributed by atoms with E-state index in [0.717, 1.165) is 31.4 Å². The predicted octanol–water partition coefficient (Wildman–Crippen LogP) is 5.45. The Morgan fingerprint density at radius 2 is 1.75 bits per heavy atom. The molecule has 1 aromatic rings. The first-order valence-electron chi connectivity index (χ1n) is 7.81. The van der Waals surface area contributed by atoms with Crippen molar-refractivity contribution in [2.24, 2.45) is 11.8 Å². The lowest BCUT2D eigenvalue weighted by molar-refractivity contribution is 0.0217. The molecule has 0 amide bonds. The molecule has 1 atom stereocenters. The number of hydrogen-bond acceptors (Lipinski definition) is 1. The molecule has 1 aliphatic heterocycles. The molecular weight excluding hydrogens is 268 g/mol. The van der Waals surface area contributed by atoms with E-state index in [1.54, 1.807) is 0 Å². The van der Waals surface area contributed by atoms with Gasteiger partial charge in [-0.05, 0) is 42.7 Å². The largest absolute Gasteiger partial charge is 0.487 e. The van der Waals surface area contributed by atoms with E-state index in [9.17, 15) is 0 Å². The molecule has 112 valence electrons. The van der Waals surface area contributed by atoms with Crippen LogP contribution in [0, 0.1) is 11.8 Å². The molecule has 1 nitrogen and oxygen atoms in total. The molecule has 0 saturated carbocycles. The minimum atomic E-state index is -0.110. The fraction of sp³-hybridized carbons (Fsp3) is 0.667. The van der Waals surface area contributed by atoms with Gasteiger partial charge in [0.1, 0.15) is 11.4 Å². The number of para-hydroxylation sites is 1. The van der Waals surface area contributed by atoms with E-state index in [2.05, 4.69) is 52.0 Å². The van der Waals surface area contributed by atoms with E-state index < -0.39 is 0 Å². The van der Waals surface area contributed by atoms with Crippen molar-refractivity contribution in [1.29, 1.82) is 0 Å². The first-order chi connectivity index (χ1) is 9.40. The van der Waals surface area contributed by atoms with Gasteiger partial charge in [-0.25, -0.2) is 0 Å². The molecule has 0 aromatic heterocycles. The molecule has 0 saturated heterocycles. The van der Waals surface area contributed by atoms with Crippen LogP contribution in [0.15, 0.2) is 24.3 Å². The summed E-state index contributed by atoms with van der Waals surface area (Å²) in [5, 5.41) is 0.163. The number of fused-ring (bicyclic) bond motifs is 1. The van der Waals surface area contributed by atoms with Gasteiger partial charge in [-0.1, -0.05) is 45.9 Å². The normalized spacial score (nSPS) is 21.4. The summed E-state index contributed by atoms with van der Waals surface area (Å²) in [4.78, 5) is 0. The third kappa shape index (κ3) is 3.91. The highest BCUT2D eigenvalue weighted by atomic mass is 35.5. The van der Waals surface area contributed by atoms with Gasteiger partial charge in [0.05, 0.1) is 0 Å². The zero-order valence-corrected chi connectivity index (χ0v) is 13.9. The molecule has 1 heterocycles. The lowest BCUT2D eigenvalue weighted by Gasteiger charge is -2.37. The van der Waals surface area contributed by atoms with Crippen molar-refractivity contribution in [3.8, 4) is 5.75 Å². The van der Waals surface area contributed by atoms with Gasteiger partial charge in [0.25, 0.3) is 0 Å². The van der Waals surface area contributed by atoms with E-state index in [1.165, 1.54) is 5.56 Å². The minimum absolute atomic E-state index is 0.110. The van der Waals surface area contributed by atoms with Crippen LogP contribution in [0.4, 0.5) is 0 Å². The van der Waals surface area contributed by atoms with Crippen LogP contribution in [0.5, 0.6) is 5.75 Å². The number of benzene rings is 1. The van der Waals surface area contributed by atoms with Gasteiger partial charge in [-0.2, -0.15) is 0 Å². The lowest BCUT2D eigenvalue weighted by Crippen LogP contribution is -2.40. The van der Waals surface area contributed by atoms with Crippen LogP contribution < -0.4 is 4.74 Å². The zero-order chi connectivity index (χ0) is 14.8. The van der Waals surface area contributed by atoms with Gasteiger partial charge >= 0.3 is 0 Å². The molecule has 1 aromatic carbocycles. The highest BCUT2D eigenvalue weighted by Crippen LogP contribution is 2.40. The van der Waals surface area contributed by atoms with Crippen molar-refractivity contribution in [3.05, 3.63) is 29.8 Å². The lowest BCUT2D eigenvalue weighted by atomic mass is 9.81. The summed E-state index contributed by atoms with van der Waals surface area (Å²) in [7, 11) is 0. The summed E-state index contributed by atoms with van der Waals surface area (Å²) in [6.07, 6.45) is 4.00. The third-order valence-corrected chi connectivity index (χ3v) is 4.20. The summed E-state index contributed by atoms with van der Waals surface area (Å²) < 4.78 is 6.55. The summed E-state index contributed by atoms with van der Waals surface area (Å²) >= 11 is 6.62. The van der Waals surface area contributed by atoms with Crippen molar-refractivity contribution in [2.45, 2.75) is 64.4 Å². The summed E-state index contributed by atoms with van der Waals surface area (Å²) in [5.41, 5.74) is 1.14. The van der Waals surface area contributed by atoms with Crippen molar-refractivity contribution in [1.82, 2.24) is 0 Å². The SMILES string of the molecule is CC(C)CC1(CC(C)C)CC(Cl)Cc2ccccc2O1. The Morgan fingerprint density at radius 1 is 1.15 bits per heavy atom. The van der Waals surface area contributed by atoms with Crippen LogP contribution >= 0.6 is 11.6 Å². The first kappa shape index (κ1) is 15.7. The van der Waals surface area contributed by atoms with Gasteiger partial charge < -0.3 is 4.74 Å². The topological polar surface area (TPSA) is 9.23 Å². The summed E-state index contributed by atoms with van der Waals surface area (Å²) in [6, 6.07) is 8.37. The molecule has 2 heteroatoms. The quantitative estimate of drug-likeness (QED) is 0.671. The second-order valence-corrected chi connectivity index (χ2v) is 7.71. The maximum absolute atomic E-state index is 6.62. The Balaban J connectivity index is 2.35. The molecule has 1 unspecified atom stereocenters. The van der Waals surface area contributed by atoms with Crippen LogP contribution in [0.25, 0.3) is 0 Å².